The predicted molar refractivity (Wildman–Crippen MR) is 92.9 cm³/mol. The second-order valence-electron chi connectivity index (χ2n) is 5.09. The number of carbonyl (C=O) groups excluding carboxylic acids is 1. The average Bonchev–Trinajstić information content (AvgIpc) is 3.01. The van der Waals surface area contributed by atoms with Gasteiger partial charge in [0.2, 0.25) is 0 Å². The normalized spacial score (nSPS) is 10.2. The van der Waals surface area contributed by atoms with Gasteiger partial charge in [-0.05, 0) is 42.5 Å². The van der Waals surface area contributed by atoms with Crippen LogP contribution in [0.5, 0.6) is 0 Å². The van der Waals surface area contributed by atoms with E-state index in [0.29, 0.717) is 16.8 Å². The molecule has 0 bridgehead atoms. The number of hydrogen-bond acceptors (Lipinski definition) is 4. The van der Waals surface area contributed by atoms with Gasteiger partial charge in [0.05, 0.1) is 11.6 Å². The largest absolute Gasteiger partial charge is 0.329 e. The molecule has 0 aliphatic heterocycles. The average molecular weight is 334 g/mol. The third-order valence-corrected chi connectivity index (χ3v) is 4.44. The monoisotopic (exact) mass is 334 g/mol. The molecule has 0 aliphatic carbocycles. The molecule has 0 unspecified atom stereocenters. The molecule has 24 heavy (non-hydrogen) atoms. The van der Waals surface area contributed by atoms with E-state index in [1.165, 1.54) is 0 Å². The first-order valence-electron chi connectivity index (χ1n) is 7.22. The number of imidazole rings is 1. The molecular weight excluding hydrogens is 320 g/mol. The Kier molecular flexibility index (Phi) is 4.64. The van der Waals surface area contributed by atoms with Crippen LogP contribution in [0, 0.1) is 11.3 Å². The quantitative estimate of drug-likeness (QED) is 0.790. The highest BCUT2D eigenvalue weighted by molar-refractivity contribution is 7.99. The molecule has 0 saturated heterocycles. The molecule has 3 rings (SSSR count). The number of nitriles is 1. The van der Waals surface area contributed by atoms with Gasteiger partial charge in [0.15, 0.2) is 5.16 Å². The van der Waals surface area contributed by atoms with E-state index in [4.69, 9.17) is 5.26 Å². The van der Waals surface area contributed by atoms with Crippen LogP contribution >= 0.6 is 11.8 Å². The lowest BCUT2D eigenvalue weighted by molar-refractivity contribution is 0.102. The van der Waals surface area contributed by atoms with Crippen molar-refractivity contribution < 1.29 is 4.79 Å². The Morgan fingerprint density at radius 1 is 1.25 bits per heavy atom. The van der Waals surface area contributed by atoms with Gasteiger partial charge in [-0.1, -0.05) is 17.8 Å². The number of nitrogens with one attached hydrogen (secondary N) is 1. The van der Waals surface area contributed by atoms with E-state index in [9.17, 15) is 4.79 Å². The minimum absolute atomic E-state index is 0.239. The van der Waals surface area contributed by atoms with E-state index < -0.39 is 0 Å². The first-order valence-corrected chi connectivity index (χ1v) is 8.04. The van der Waals surface area contributed by atoms with Gasteiger partial charge in [0, 0.05) is 35.6 Å². The van der Waals surface area contributed by atoms with E-state index >= 15 is 0 Å². The Morgan fingerprint density at radius 2 is 2.04 bits per heavy atom. The summed E-state index contributed by atoms with van der Waals surface area (Å²) in [6.45, 7) is 0. The molecule has 0 atom stereocenters. The van der Waals surface area contributed by atoms with E-state index in [-0.39, 0.29) is 5.91 Å². The molecule has 0 fully saturated rings. The molecule has 1 N–H and O–H groups in total. The van der Waals surface area contributed by atoms with Gasteiger partial charge >= 0.3 is 0 Å². The summed E-state index contributed by atoms with van der Waals surface area (Å²) in [5.74, 6) is -0.239. The van der Waals surface area contributed by atoms with Crippen molar-refractivity contribution in [2.24, 2.45) is 7.05 Å². The minimum Gasteiger partial charge on any atom is -0.329 e. The van der Waals surface area contributed by atoms with Crippen molar-refractivity contribution in [2.75, 3.05) is 5.32 Å². The second-order valence-corrected chi connectivity index (χ2v) is 6.13. The molecule has 118 valence electrons. The molecule has 0 spiro atoms. The standard InChI is InChI=1S/C18H14N4OS/c1-22-10-9-20-18(22)24-16-7-5-15(6-8-16)21-17(23)14-4-2-3-13(11-14)12-19/h2-11H,1H3,(H,21,23). The zero-order valence-electron chi connectivity index (χ0n) is 12.9. The molecule has 1 aromatic heterocycles. The Labute approximate surface area is 144 Å². The molecule has 1 heterocycles. The van der Waals surface area contributed by atoms with E-state index in [0.717, 1.165) is 10.1 Å². The number of amides is 1. The SMILES string of the molecule is Cn1ccnc1Sc1ccc(NC(=O)c2cccc(C#N)c2)cc1. The van der Waals surface area contributed by atoms with Crippen LogP contribution in [-0.4, -0.2) is 15.5 Å². The lowest BCUT2D eigenvalue weighted by Crippen LogP contribution is -2.11. The molecule has 0 saturated carbocycles. The van der Waals surface area contributed by atoms with Gasteiger partial charge in [-0.25, -0.2) is 4.98 Å². The van der Waals surface area contributed by atoms with E-state index in [1.54, 1.807) is 42.2 Å². The number of rotatable bonds is 4. The summed E-state index contributed by atoms with van der Waals surface area (Å²) in [4.78, 5) is 17.5. The Morgan fingerprint density at radius 3 is 2.71 bits per heavy atom. The summed E-state index contributed by atoms with van der Waals surface area (Å²) in [5.41, 5.74) is 1.62. The van der Waals surface area contributed by atoms with Crippen molar-refractivity contribution in [1.29, 1.82) is 5.26 Å². The third-order valence-electron chi connectivity index (χ3n) is 3.35. The summed E-state index contributed by atoms with van der Waals surface area (Å²) in [6.07, 6.45) is 3.65. The Hall–Kier alpha value is -3.04. The molecule has 0 radical (unpaired) electrons. The number of aryl methyl sites for hydroxylation is 1. The molecule has 0 aliphatic rings. The zero-order valence-corrected chi connectivity index (χ0v) is 13.7. The van der Waals surface area contributed by atoms with Crippen molar-refractivity contribution in [3.63, 3.8) is 0 Å². The lowest BCUT2D eigenvalue weighted by atomic mass is 10.1. The minimum atomic E-state index is -0.239. The summed E-state index contributed by atoms with van der Waals surface area (Å²) in [6, 6.07) is 16.2. The van der Waals surface area contributed by atoms with Crippen molar-refractivity contribution in [1.82, 2.24) is 9.55 Å². The summed E-state index contributed by atoms with van der Waals surface area (Å²) >= 11 is 1.55. The van der Waals surface area contributed by atoms with Crippen LogP contribution < -0.4 is 5.32 Å². The topological polar surface area (TPSA) is 70.7 Å². The van der Waals surface area contributed by atoms with Crippen molar-refractivity contribution in [2.45, 2.75) is 10.1 Å². The predicted octanol–water partition coefficient (Wildman–Crippen LogP) is 3.70. The van der Waals surface area contributed by atoms with Crippen molar-refractivity contribution in [3.05, 3.63) is 72.1 Å². The maximum atomic E-state index is 12.2. The van der Waals surface area contributed by atoms with Crippen LogP contribution in [-0.2, 0) is 7.05 Å². The van der Waals surface area contributed by atoms with Crippen molar-refractivity contribution >= 4 is 23.4 Å². The fraction of sp³-hybridized carbons (Fsp3) is 0.0556. The third kappa shape index (κ3) is 3.65. The lowest BCUT2D eigenvalue weighted by Gasteiger charge is -2.07. The van der Waals surface area contributed by atoms with Gasteiger partial charge in [0.25, 0.3) is 5.91 Å². The van der Waals surface area contributed by atoms with Gasteiger partial charge in [0.1, 0.15) is 0 Å². The number of hydrogen-bond donors (Lipinski definition) is 1. The van der Waals surface area contributed by atoms with Crippen LogP contribution in [0.1, 0.15) is 15.9 Å². The molecular formula is C18H14N4OS. The highest BCUT2D eigenvalue weighted by atomic mass is 32.2. The number of aromatic nitrogens is 2. The fourth-order valence-electron chi connectivity index (χ4n) is 2.10. The van der Waals surface area contributed by atoms with Crippen LogP contribution in [0.3, 0.4) is 0 Å². The first-order chi connectivity index (χ1) is 11.7. The zero-order chi connectivity index (χ0) is 16.9. The first kappa shape index (κ1) is 15.8. The van der Waals surface area contributed by atoms with Gasteiger partial charge in [-0.2, -0.15) is 5.26 Å². The van der Waals surface area contributed by atoms with E-state index in [1.807, 2.05) is 48.1 Å². The van der Waals surface area contributed by atoms with Gasteiger partial charge < -0.3 is 9.88 Å². The summed E-state index contributed by atoms with van der Waals surface area (Å²) in [5, 5.41) is 12.6. The van der Waals surface area contributed by atoms with E-state index in [2.05, 4.69) is 10.3 Å². The highest BCUT2D eigenvalue weighted by Crippen LogP contribution is 2.26. The molecule has 1 amide bonds. The number of carbonyl (C=O) groups is 1. The number of anilines is 1. The highest BCUT2D eigenvalue weighted by Gasteiger charge is 2.07. The molecule has 6 heteroatoms. The molecule has 3 aromatic rings. The number of nitrogens with zero attached hydrogens (tertiary/aromatic N) is 3. The Balaban J connectivity index is 1.68. The fourth-order valence-corrected chi connectivity index (χ4v) is 2.90. The smallest absolute Gasteiger partial charge is 0.255 e. The van der Waals surface area contributed by atoms with Gasteiger partial charge in [-0.15, -0.1) is 0 Å². The maximum absolute atomic E-state index is 12.2. The number of benzene rings is 2. The van der Waals surface area contributed by atoms with Crippen LogP contribution in [0.2, 0.25) is 0 Å². The molecule has 2 aromatic carbocycles. The maximum Gasteiger partial charge on any atom is 0.255 e. The second kappa shape index (κ2) is 7.02. The van der Waals surface area contributed by atoms with Crippen LogP contribution in [0.25, 0.3) is 0 Å². The molecule has 5 nitrogen and oxygen atoms in total. The Bertz CT molecular complexity index is 909. The summed E-state index contributed by atoms with van der Waals surface area (Å²) < 4.78 is 1.95. The van der Waals surface area contributed by atoms with Gasteiger partial charge in [-0.3, -0.25) is 4.79 Å². The van der Waals surface area contributed by atoms with Crippen molar-refractivity contribution in [3.8, 4) is 6.07 Å². The summed E-state index contributed by atoms with van der Waals surface area (Å²) in [7, 11) is 1.94. The van der Waals surface area contributed by atoms with Crippen LogP contribution in [0.4, 0.5) is 5.69 Å². The van der Waals surface area contributed by atoms with Crippen LogP contribution in [0.15, 0.2) is 71.0 Å².